The highest BCUT2D eigenvalue weighted by Gasteiger charge is 2.51. The second kappa shape index (κ2) is 2.97. The lowest BCUT2D eigenvalue weighted by Gasteiger charge is -2.06. The zero-order valence-corrected chi connectivity index (χ0v) is 8.88. The fourth-order valence-corrected chi connectivity index (χ4v) is 2.21. The third-order valence-corrected chi connectivity index (χ3v) is 3.40. The summed E-state index contributed by atoms with van der Waals surface area (Å²) in [4.78, 5) is 11.3. The van der Waals surface area contributed by atoms with Crippen molar-refractivity contribution in [3.05, 3.63) is 29.1 Å². The van der Waals surface area contributed by atoms with Gasteiger partial charge in [0.05, 0.1) is 19.3 Å². The quantitative estimate of drug-likeness (QED) is 0.682. The van der Waals surface area contributed by atoms with Crippen LogP contribution in [-0.4, -0.2) is 19.7 Å². The van der Waals surface area contributed by atoms with Gasteiger partial charge in [0.1, 0.15) is 11.6 Å². The molecule has 0 amide bonds. The fourth-order valence-electron chi connectivity index (χ4n) is 2.21. The standard InChI is InChI=1S/C12H11FO3/c1-15-11(14)7-4-10-8(5-9(7)13)12(2-3-12)6-16-10/h4-5H,2-3,6H2,1H3. The van der Waals surface area contributed by atoms with E-state index in [1.807, 2.05) is 0 Å². The first-order valence-corrected chi connectivity index (χ1v) is 5.21. The number of carbonyl (C=O) groups excluding carboxylic acids is 1. The molecule has 0 N–H and O–H groups in total. The van der Waals surface area contributed by atoms with Gasteiger partial charge in [-0.1, -0.05) is 0 Å². The first kappa shape index (κ1) is 9.63. The minimum absolute atomic E-state index is 0.0326. The van der Waals surface area contributed by atoms with Gasteiger partial charge in [0.25, 0.3) is 0 Å². The van der Waals surface area contributed by atoms with Crippen LogP contribution in [0.3, 0.4) is 0 Å². The van der Waals surface area contributed by atoms with E-state index in [0.29, 0.717) is 12.4 Å². The summed E-state index contributed by atoms with van der Waals surface area (Å²) < 4.78 is 23.7. The number of carbonyl (C=O) groups is 1. The maximum absolute atomic E-state index is 13.7. The summed E-state index contributed by atoms with van der Waals surface area (Å²) in [6.07, 6.45) is 2.08. The number of hydrogen-bond donors (Lipinski definition) is 0. The molecule has 1 aromatic rings. The van der Waals surface area contributed by atoms with Crippen molar-refractivity contribution in [1.82, 2.24) is 0 Å². The molecule has 3 nitrogen and oxygen atoms in total. The Balaban J connectivity index is 2.10. The number of hydrogen-bond acceptors (Lipinski definition) is 3. The van der Waals surface area contributed by atoms with Crippen molar-refractivity contribution in [3.8, 4) is 5.75 Å². The smallest absolute Gasteiger partial charge is 0.340 e. The minimum atomic E-state index is -0.666. The topological polar surface area (TPSA) is 35.5 Å². The Kier molecular flexibility index (Phi) is 1.79. The molecule has 84 valence electrons. The predicted octanol–water partition coefficient (Wildman–Crippen LogP) is 2.04. The number of esters is 1. The average molecular weight is 222 g/mol. The number of fused-ring (bicyclic) bond motifs is 2. The van der Waals surface area contributed by atoms with E-state index in [-0.39, 0.29) is 11.0 Å². The van der Waals surface area contributed by atoms with E-state index < -0.39 is 11.8 Å². The molecule has 1 aliphatic heterocycles. The maximum Gasteiger partial charge on any atom is 0.340 e. The summed E-state index contributed by atoms with van der Waals surface area (Å²) in [6, 6.07) is 2.87. The molecule has 1 saturated carbocycles. The lowest BCUT2D eigenvalue weighted by molar-refractivity contribution is 0.0595. The predicted molar refractivity (Wildman–Crippen MR) is 54.1 cm³/mol. The van der Waals surface area contributed by atoms with Gasteiger partial charge in [-0.2, -0.15) is 0 Å². The molecule has 0 saturated heterocycles. The molecular formula is C12H11FO3. The number of methoxy groups -OCH3 is 1. The van der Waals surface area contributed by atoms with Crippen molar-refractivity contribution in [2.24, 2.45) is 0 Å². The molecule has 0 aromatic heterocycles. The zero-order valence-electron chi connectivity index (χ0n) is 8.88. The van der Waals surface area contributed by atoms with Crippen molar-refractivity contribution in [3.63, 3.8) is 0 Å². The maximum atomic E-state index is 13.7. The van der Waals surface area contributed by atoms with Gasteiger partial charge in [0.15, 0.2) is 0 Å². The van der Waals surface area contributed by atoms with Crippen molar-refractivity contribution >= 4 is 5.97 Å². The Morgan fingerprint density at radius 1 is 1.50 bits per heavy atom. The molecule has 1 spiro atoms. The lowest BCUT2D eigenvalue weighted by Crippen LogP contribution is -2.08. The van der Waals surface area contributed by atoms with Gasteiger partial charge in [-0.15, -0.1) is 0 Å². The van der Waals surface area contributed by atoms with Gasteiger partial charge in [-0.05, 0) is 25.0 Å². The Morgan fingerprint density at radius 2 is 2.25 bits per heavy atom. The molecule has 0 unspecified atom stereocenters. The van der Waals surface area contributed by atoms with Crippen LogP contribution in [0.15, 0.2) is 12.1 Å². The van der Waals surface area contributed by atoms with Gasteiger partial charge in [-0.3, -0.25) is 0 Å². The highest BCUT2D eigenvalue weighted by molar-refractivity contribution is 5.90. The summed E-state index contributed by atoms with van der Waals surface area (Å²) >= 11 is 0. The average Bonchev–Trinajstić information content (AvgIpc) is 2.98. The molecule has 0 atom stereocenters. The van der Waals surface area contributed by atoms with Crippen LogP contribution in [0.2, 0.25) is 0 Å². The monoisotopic (exact) mass is 222 g/mol. The van der Waals surface area contributed by atoms with Crippen molar-refractivity contribution in [2.75, 3.05) is 13.7 Å². The second-order valence-corrected chi connectivity index (χ2v) is 4.39. The van der Waals surface area contributed by atoms with E-state index in [1.165, 1.54) is 19.2 Å². The SMILES string of the molecule is COC(=O)c1cc2c(cc1F)C1(CC1)CO2. The first-order chi connectivity index (χ1) is 7.66. The van der Waals surface area contributed by atoms with Crippen molar-refractivity contribution < 1.29 is 18.7 Å². The van der Waals surface area contributed by atoms with Crippen LogP contribution in [-0.2, 0) is 10.2 Å². The summed E-state index contributed by atoms with van der Waals surface area (Å²) in [7, 11) is 1.23. The second-order valence-electron chi connectivity index (χ2n) is 4.39. The minimum Gasteiger partial charge on any atom is -0.492 e. The van der Waals surface area contributed by atoms with Crippen LogP contribution in [0, 0.1) is 5.82 Å². The van der Waals surface area contributed by atoms with Gasteiger partial charge < -0.3 is 9.47 Å². The van der Waals surface area contributed by atoms with Gasteiger partial charge in [-0.25, -0.2) is 9.18 Å². The van der Waals surface area contributed by atoms with Crippen LogP contribution in [0.25, 0.3) is 0 Å². The Morgan fingerprint density at radius 3 is 2.88 bits per heavy atom. The highest BCUT2D eigenvalue weighted by atomic mass is 19.1. The normalized spacial score (nSPS) is 19.1. The molecule has 4 heteroatoms. The molecule has 0 radical (unpaired) electrons. The number of benzene rings is 1. The summed E-state index contributed by atoms with van der Waals surface area (Å²) in [5.41, 5.74) is 0.877. The first-order valence-electron chi connectivity index (χ1n) is 5.21. The Bertz CT molecular complexity index is 477. The lowest BCUT2D eigenvalue weighted by atomic mass is 9.97. The fraction of sp³-hybridized carbons (Fsp3) is 0.417. The van der Waals surface area contributed by atoms with Crippen LogP contribution in [0.4, 0.5) is 4.39 Å². The summed E-state index contributed by atoms with van der Waals surface area (Å²) in [5.74, 6) is -0.567. The van der Waals surface area contributed by atoms with E-state index in [2.05, 4.69) is 4.74 Å². The summed E-state index contributed by atoms with van der Waals surface area (Å²) in [6.45, 7) is 0.604. The van der Waals surface area contributed by atoms with E-state index in [1.54, 1.807) is 0 Å². The molecule has 1 heterocycles. The third kappa shape index (κ3) is 1.16. The van der Waals surface area contributed by atoms with Crippen molar-refractivity contribution in [2.45, 2.75) is 18.3 Å². The van der Waals surface area contributed by atoms with Crippen LogP contribution >= 0.6 is 0 Å². The molecule has 3 rings (SSSR count). The van der Waals surface area contributed by atoms with Crippen molar-refractivity contribution in [1.29, 1.82) is 0 Å². The van der Waals surface area contributed by atoms with E-state index in [4.69, 9.17) is 4.74 Å². The van der Waals surface area contributed by atoms with Crippen LogP contribution < -0.4 is 4.74 Å². The van der Waals surface area contributed by atoms with Crippen LogP contribution in [0.5, 0.6) is 5.75 Å². The van der Waals surface area contributed by atoms with Gasteiger partial charge in [0, 0.05) is 11.0 Å². The molecule has 1 fully saturated rings. The van der Waals surface area contributed by atoms with E-state index >= 15 is 0 Å². The molecule has 0 bridgehead atoms. The Hall–Kier alpha value is -1.58. The van der Waals surface area contributed by atoms with Gasteiger partial charge >= 0.3 is 5.97 Å². The molecule has 1 aliphatic carbocycles. The summed E-state index contributed by atoms with van der Waals surface area (Å²) in [5, 5.41) is 0. The van der Waals surface area contributed by atoms with E-state index in [0.717, 1.165) is 18.4 Å². The van der Waals surface area contributed by atoms with Crippen LogP contribution in [0.1, 0.15) is 28.8 Å². The van der Waals surface area contributed by atoms with Gasteiger partial charge in [0.2, 0.25) is 0 Å². The third-order valence-electron chi connectivity index (χ3n) is 3.40. The van der Waals surface area contributed by atoms with E-state index in [9.17, 15) is 9.18 Å². The number of ether oxygens (including phenoxy) is 2. The molecular weight excluding hydrogens is 211 g/mol. The molecule has 2 aliphatic rings. The molecule has 16 heavy (non-hydrogen) atoms. The highest BCUT2D eigenvalue weighted by Crippen LogP contribution is 2.55. The number of rotatable bonds is 1. The molecule has 1 aromatic carbocycles. The largest absolute Gasteiger partial charge is 0.492 e. The Labute approximate surface area is 92.2 Å². The number of halogens is 1. The zero-order chi connectivity index (χ0) is 11.3.